The molecule has 23 heavy (non-hydrogen) atoms. The lowest BCUT2D eigenvalue weighted by Crippen LogP contribution is -2.34. The highest BCUT2D eigenvalue weighted by molar-refractivity contribution is 7.17. The first-order chi connectivity index (χ1) is 10.8. The maximum atomic E-state index is 12.9. The fraction of sp³-hybridized carbons (Fsp3) is 0.267. The molecule has 1 aliphatic carbocycles. The van der Waals surface area contributed by atoms with Crippen LogP contribution >= 0.6 is 11.3 Å². The highest BCUT2D eigenvalue weighted by Crippen LogP contribution is 2.41. The van der Waals surface area contributed by atoms with Crippen LogP contribution in [-0.2, 0) is 6.42 Å². The first kappa shape index (κ1) is 15.5. The Morgan fingerprint density at radius 1 is 1.39 bits per heavy atom. The SMILES string of the molecule is N#Cc1cc(-c2nc3c(s2)C(=O)C(C(F)(F)F)CC3)ccc1O. The van der Waals surface area contributed by atoms with Crippen molar-refractivity contribution in [3.8, 4) is 22.4 Å². The summed E-state index contributed by atoms with van der Waals surface area (Å²) in [7, 11) is 0. The fourth-order valence-corrected chi connectivity index (χ4v) is 3.58. The van der Waals surface area contributed by atoms with E-state index in [0.717, 1.165) is 11.3 Å². The van der Waals surface area contributed by atoms with Gasteiger partial charge in [0.1, 0.15) is 22.7 Å². The lowest BCUT2D eigenvalue weighted by atomic mass is 9.89. The number of aromatic nitrogens is 1. The second kappa shape index (κ2) is 5.35. The quantitative estimate of drug-likeness (QED) is 0.860. The zero-order chi connectivity index (χ0) is 16.8. The van der Waals surface area contributed by atoms with Gasteiger partial charge < -0.3 is 5.11 Å². The summed E-state index contributed by atoms with van der Waals surface area (Å²) in [5, 5.41) is 18.8. The number of ketones is 1. The van der Waals surface area contributed by atoms with Crippen LogP contribution in [-0.4, -0.2) is 22.1 Å². The molecule has 0 aliphatic heterocycles. The summed E-state index contributed by atoms with van der Waals surface area (Å²) in [6.45, 7) is 0. The van der Waals surface area contributed by atoms with Gasteiger partial charge in [-0.2, -0.15) is 18.4 Å². The fourth-order valence-electron chi connectivity index (χ4n) is 2.48. The number of phenolic OH excluding ortho intramolecular Hbond substituents is 1. The monoisotopic (exact) mass is 338 g/mol. The standard InChI is InChI=1S/C15H9F3N2O2S/c16-15(17,18)9-2-3-10-13(12(9)22)23-14(20-10)7-1-4-11(21)8(5-7)6-19/h1,4-5,9,21H,2-3H2. The third-order valence-electron chi connectivity index (χ3n) is 3.67. The van der Waals surface area contributed by atoms with Gasteiger partial charge in [0.2, 0.25) is 0 Å². The van der Waals surface area contributed by atoms with E-state index in [0.29, 0.717) is 16.3 Å². The third kappa shape index (κ3) is 2.68. The predicted molar refractivity (Wildman–Crippen MR) is 76.1 cm³/mol. The van der Waals surface area contributed by atoms with Crippen LogP contribution < -0.4 is 0 Å². The van der Waals surface area contributed by atoms with Gasteiger partial charge >= 0.3 is 6.18 Å². The van der Waals surface area contributed by atoms with E-state index in [1.807, 2.05) is 6.07 Å². The number of rotatable bonds is 1. The molecule has 1 aliphatic rings. The van der Waals surface area contributed by atoms with Crippen molar-refractivity contribution in [2.45, 2.75) is 19.0 Å². The van der Waals surface area contributed by atoms with Crippen LogP contribution in [0.2, 0.25) is 0 Å². The lowest BCUT2D eigenvalue weighted by molar-refractivity contribution is -0.162. The van der Waals surface area contributed by atoms with Crippen LogP contribution in [0.1, 0.15) is 27.3 Å². The average Bonchev–Trinajstić information content (AvgIpc) is 2.92. The summed E-state index contributed by atoms with van der Waals surface area (Å²) in [6.07, 6.45) is -4.76. The Hall–Kier alpha value is -2.40. The maximum Gasteiger partial charge on any atom is 0.399 e. The average molecular weight is 338 g/mol. The molecule has 1 N–H and O–H groups in total. The highest BCUT2D eigenvalue weighted by atomic mass is 32.1. The van der Waals surface area contributed by atoms with Gasteiger partial charge in [0.05, 0.1) is 16.1 Å². The van der Waals surface area contributed by atoms with Crippen molar-refractivity contribution in [2.24, 2.45) is 5.92 Å². The molecule has 1 aromatic heterocycles. The molecule has 1 unspecified atom stereocenters. The smallest absolute Gasteiger partial charge is 0.399 e. The number of hydrogen-bond donors (Lipinski definition) is 1. The molecular weight excluding hydrogens is 329 g/mol. The van der Waals surface area contributed by atoms with Crippen LogP contribution in [0.4, 0.5) is 13.2 Å². The van der Waals surface area contributed by atoms with E-state index in [1.54, 1.807) is 0 Å². The van der Waals surface area contributed by atoms with Gasteiger partial charge in [0.25, 0.3) is 0 Å². The number of benzene rings is 1. The van der Waals surface area contributed by atoms with E-state index in [9.17, 15) is 23.1 Å². The highest BCUT2D eigenvalue weighted by Gasteiger charge is 2.48. The van der Waals surface area contributed by atoms with E-state index in [4.69, 9.17) is 5.26 Å². The van der Waals surface area contributed by atoms with Crippen molar-refractivity contribution < 1.29 is 23.1 Å². The van der Waals surface area contributed by atoms with Gasteiger partial charge in [0.15, 0.2) is 5.78 Å². The number of fused-ring (bicyclic) bond motifs is 1. The van der Waals surface area contributed by atoms with Crippen LogP contribution in [0.15, 0.2) is 18.2 Å². The first-order valence-corrected chi connectivity index (χ1v) is 7.47. The lowest BCUT2D eigenvalue weighted by Gasteiger charge is -2.21. The number of nitriles is 1. The molecule has 0 radical (unpaired) electrons. The number of nitrogens with zero attached hydrogens (tertiary/aromatic N) is 2. The van der Waals surface area contributed by atoms with Gasteiger partial charge in [-0.05, 0) is 31.0 Å². The maximum absolute atomic E-state index is 12.9. The van der Waals surface area contributed by atoms with Crippen molar-refractivity contribution in [1.29, 1.82) is 5.26 Å². The molecular formula is C15H9F3N2O2S. The number of alkyl halides is 3. The molecule has 1 heterocycles. The number of carbonyl (C=O) groups is 1. The molecule has 4 nitrogen and oxygen atoms in total. The first-order valence-electron chi connectivity index (χ1n) is 6.65. The summed E-state index contributed by atoms with van der Waals surface area (Å²) in [5.74, 6) is -3.11. The molecule has 8 heteroatoms. The Bertz CT molecular complexity index is 836. The van der Waals surface area contributed by atoms with Crippen molar-refractivity contribution in [2.75, 3.05) is 0 Å². The molecule has 0 spiro atoms. The van der Waals surface area contributed by atoms with E-state index >= 15 is 0 Å². The predicted octanol–water partition coefficient (Wildman–Crippen LogP) is 3.69. The summed E-state index contributed by atoms with van der Waals surface area (Å²) in [5.41, 5.74) is 0.882. The van der Waals surface area contributed by atoms with Crippen molar-refractivity contribution >= 4 is 17.1 Å². The van der Waals surface area contributed by atoms with E-state index < -0.39 is 17.9 Å². The van der Waals surface area contributed by atoms with E-state index in [2.05, 4.69) is 4.98 Å². The Morgan fingerprint density at radius 2 is 2.13 bits per heavy atom. The minimum Gasteiger partial charge on any atom is -0.507 e. The molecule has 3 rings (SSSR count). The number of Topliss-reactive ketones (excluding diaryl/α,β-unsaturated/α-hetero) is 1. The molecule has 0 amide bonds. The molecule has 1 aromatic carbocycles. The van der Waals surface area contributed by atoms with Gasteiger partial charge in [-0.25, -0.2) is 4.98 Å². The van der Waals surface area contributed by atoms with E-state index in [-0.39, 0.29) is 29.0 Å². The molecule has 118 valence electrons. The zero-order valence-corrected chi connectivity index (χ0v) is 12.3. The van der Waals surface area contributed by atoms with Gasteiger partial charge in [0, 0.05) is 5.56 Å². The number of aromatic hydroxyl groups is 1. The Kier molecular flexibility index (Phi) is 3.60. The topological polar surface area (TPSA) is 74.0 Å². The summed E-state index contributed by atoms with van der Waals surface area (Å²) < 4.78 is 38.6. The summed E-state index contributed by atoms with van der Waals surface area (Å²) in [6, 6.07) is 6.03. The second-order valence-electron chi connectivity index (χ2n) is 5.14. The Labute approximate surface area is 132 Å². The molecule has 0 bridgehead atoms. The van der Waals surface area contributed by atoms with Crippen molar-refractivity contribution in [3.63, 3.8) is 0 Å². The normalized spacial score (nSPS) is 17.7. The van der Waals surface area contributed by atoms with Crippen LogP contribution in [0.5, 0.6) is 5.75 Å². The van der Waals surface area contributed by atoms with Crippen LogP contribution in [0.3, 0.4) is 0 Å². The minimum atomic E-state index is -4.55. The number of phenols is 1. The number of hydrogen-bond acceptors (Lipinski definition) is 5. The number of thiazole rings is 1. The molecule has 0 saturated heterocycles. The molecule has 2 aromatic rings. The molecule has 0 fully saturated rings. The van der Waals surface area contributed by atoms with Crippen molar-refractivity contribution in [1.82, 2.24) is 4.98 Å². The molecule has 0 saturated carbocycles. The Balaban J connectivity index is 2.01. The minimum absolute atomic E-state index is 0.0279. The second-order valence-corrected chi connectivity index (χ2v) is 6.13. The number of halogens is 3. The summed E-state index contributed by atoms with van der Waals surface area (Å²) >= 11 is 0.890. The largest absolute Gasteiger partial charge is 0.507 e. The number of aryl methyl sites for hydroxylation is 1. The zero-order valence-electron chi connectivity index (χ0n) is 11.5. The third-order valence-corrected chi connectivity index (χ3v) is 4.83. The Morgan fingerprint density at radius 3 is 2.78 bits per heavy atom. The van der Waals surface area contributed by atoms with Crippen LogP contribution in [0, 0.1) is 17.2 Å². The van der Waals surface area contributed by atoms with E-state index in [1.165, 1.54) is 18.2 Å². The van der Waals surface area contributed by atoms with Crippen LogP contribution in [0.25, 0.3) is 10.6 Å². The van der Waals surface area contributed by atoms with Gasteiger partial charge in [-0.1, -0.05) is 0 Å². The molecule has 1 atom stereocenters. The number of carbonyl (C=O) groups excluding carboxylic acids is 1. The van der Waals surface area contributed by atoms with Gasteiger partial charge in [-0.3, -0.25) is 4.79 Å². The van der Waals surface area contributed by atoms with Crippen molar-refractivity contribution in [3.05, 3.63) is 34.3 Å². The summed E-state index contributed by atoms with van der Waals surface area (Å²) in [4.78, 5) is 16.3. The van der Waals surface area contributed by atoms with Gasteiger partial charge in [-0.15, -0.1) is 11.3 Å².